The average Bonchev–Trinajstić information content (AvgIpc) is 3.01. The summed E-state index contributed by atoms with van der Waals surface area (Å²) in [4.78, 5) is 13.9. The quantitative estimate of drug-likeness (QED) is 0.806. The highest BCUT2D eigenvalue weighted by Crippen LogP contribution is 2.40. The summed E-state index contributed by atoms with van der Waals surface area (Å²) in [5.74, 6) is 3.12. The van der Waals surface area contributed by atoms with E-state index in [1.165, 1.54) is 16.4 Å². The smallest absolute Gasteiger partial charge is 0.136 e. The number of thiophene rings is 1. The summed E-state index contributed by atoms with van der Waals surface area (Å²) < 4.78 is 6.09. The SMILES string of the molecule is O=C(CCCc1cccs1)C1CCOC2(CCSCC2)C1. The Morgan fingerprint density at radius 2 is 2.24 bits per heavy atom. The normalized spacial score (nSPS) is 25.0. The number of ether oxygens (including phenoxy) is 1. The third kappa shape index (κ3) is 4.11. The first-order valence-electron chi connectivity index (χ1n) is 8.04. The average molecular weight is 325 g/mol. The van der Waals surface area contributed by atoms with E-state index in [2.05, 4.69) is 17.5 Å². The highest BCUT2D eigenvalue weighted by molar-refractivity contribution is 7.99. The summed E-state index contributed by atoms with van der Waals surface area (Å²) in [6, 6.07) is 4.25. The van der Waals surface area contributed by atoms with Gasteiger partial charge < -0.3 is 4.74 Å². The van der Waals surface area contributed by atoms with Gasteiger partial charge in [0.25, 0.3) is 0 Å². The van der Waals surface area contributed by atoms with E-state index in [9.17, 15) is 4.79 Å². The largest absolute Gasteiger partial charge is 0.375 e. The molecule has 2 aliphatic rings. The van der Waals surface area contributed by atoms with Crippen molar-refractivity contribution in [3.8, 4) is 0 Å². The van der Waals surface area contributed by atoms with Crippen LogP contribution in [0.25, 0.3) is 0 Å². The van der Waals surface area contributed by atoms with Crippen LogP contribution in [0.15, 0.2) is 17.5 Å². The Morgan fingerprint density at radius 1 is 1.38 bits per heavy atom. The van der Waals surface area contributed by atoms with Crippen molar-refractivity contribution in [1.82, 2.24) is 0 Å². The van der Waals surface area contributed by atoms with Gasteiger partial charge in [-0.3, -0.25) is 4.79 Å². The van der Waals surface area contributed by atoms with E-state index in [-0.39, 0.29) is 11.5 Å². The number of hydrogen-bond donors (Lipinski definition) is 0. The van der Waals surface area contributed by atoms with Gasteiger partial charge in [0.1, 0.15) is 5.78 Å². The molecule has 0 aliphatic carbocycles. The van der Waals surface area contributed by atoms with Gasteiger partial charge >= 0.3 is 0 Å². The fourth-order valence-electron chi connectivity index (χ4n) is 3.49. The maximum Gasteiger partial charge on any atom is 0.136 e. The predicted octanol–water partition coefficient (Wildman–Crippen LogP) is 4.33. The number of carbonyl (C=O) groups excluding carboxylic acids is 1. The topological polar surface area (TPSA) is 26.3 Å². The minimum absolute atomic E-state index is 0.0393. The molecule has 0 aromatic carbocycles. The van der Waals surface area contributed by atoms with Gasteiger partial charge in [0.2, 0.25) is 0 Å². The van der Waals surface area contributed by atoms with Crippen LogP contribution < -0.4 is 0 Å². The number of ketones is 1. The number of hydrogen-bond acceptors (Lipinski definition) is 4. The number of thioether (sulfide) groups is 1. The Hall–Kier alpha value is -0.320. The molecule has 0 amide bonds. The Bertz CT molecular complexity index is 444. The van der Waals surface area contributed by atoms with Crippen molar-refractivity contribution in [2.75, 3.05) is 18.1 Å². The van der Waals surface area contributed by atoms with Crippen molar-refractivity contribution in [2.45, 2.75) is 50.5 Å². The number of carbonyl (C=O) groups is 1. The number of Topliss-reactive ketones (excluding diaryl/α,β-unsaturated/α-hetero) is 1. The van der Waals surface area contributed by atoms with Gasteiger partial charge in [0.15, 0.2) is 0 Å². The first-order valence-corrected chi connectivity index (χ1v) is 10.1. The molecule has 1 atom stereocenters. The second-order valence-corrected chi connectivity index (χ2v) is 8.49. The van der Waals surface area contributed by atoms with Crippen LogP contribution in [0.3, 0.4) is 0 Å². The fraction of sp³-hybridized carbons (Fsp3) is 0.706. The molecule has 0 N–H and O–H groups in total. The van der Waals surface area contributed by atoms with Gasteiger partial charge in [-0.05, 0) is 61.5 Å². The Balaban J connectivity index is 1.47. The van der Waals surface area contributed by atoms with Crippen LogP contribution in [-0.4, -0.2) is 29.5 Å². The zero-order chi connectivity index (χ0) is 14.5. The summed E-state index contributed by atoms with van der Waals surface area (Å²) in [7, 11) is 0. The van der Waals surface area contributed by atoms with Crippen molar-refractivity contribution in [1.29, 1.82) is 0 Å². The van der Waals surface area contributed by atoms with Crippen molar-refractivity contribution in [3.05, 3.63) is 22.4 Å². The Kier molecular flexibility index (Phi) is 5.41. The standard InChI is InChI=1S/C17H24O2S2/c18-16(5-1-3-15-4-2-10-21-15)14-6-9-19-17(13-14)7-11-20-12-8-17/h2,4,10,14H,1,3,5-9,11-13H2. The summed E-state index contributed by atoms with van der Waals surface area (Å²) >= 11 is 3.81. The molecule has 3 heterocycles. The second-order valence-electron chi connectivity index (χ2n) is 6.23. The molecule has 3 rings (SSSR count). The van der Waals surface area contributed by atoms with Crippen molar-refractivity contribution >= 4 is 28.9 Å². The molecule has 2 nitrogen and oxygen atoms in total. The molecule has 0 radical (unpaired) electrons. The highest BCUT2D eigenvalue weighted by atomic mass is 32.2. The second kappa shape index (κ2) is 7.30. The van der Waals surface area contributed by atoms with Crippen LogP contribution in [0.5, 0.6) is 0 Å². The van der Waals surface area contributed by atoms with E-state index in [0.29, 0.717) is 5.78 Å². The predicted molar refractivity (Wildman–Crippen MR) is 90.2 cm³/mol. The molecule has 2 aliphatic heterocycles. The molecule has 0 saturated carbocycles. The maximum atomic E-state index is 12.5. The van der Waals surface area contributed by atoms with E-state index in [0.717, 1.165) is 51.6 Å². The lowest BCUT2D eigenvalue weighted by atomic mass is 9.79. The van der Waals surface area contributed by atoms with Gasteiger partial charge in [0, 0.05) is 23.8 Å². The molecule has 1 unspecified atom stereocenters. The van der Waals surface area contributed by atoms with Crippen LogP contribution >= 0.6 is 23.1 Å². The van der Waals surface area contributed by atoms with E-state index < -0.39 is 0 Å². The third-order valence-corrected chi connectivity index (χ3v) is 6.70. The minimum Gasteiger partial charge on any atom is -0.375 e. The molecule has 2 fully saturated rings. The van der Waals surface area contributed by atoms with E-state index in [1.54, 1.807) is 11.3 Å². The van der Waals surface area contributed by atoms with Crippen molar-refractivity contribution in [2.24, 2.45) is 5.92 Å². The lowest BCUT2D eigenvalue weighted by Gasteiger charge is -2.43. The molecule has 1 spiro atoms. The summed E-state index contributed by atoms with van der Waals surface area (Å²) in [5.41, 5.74) is 0.0393. The zero-order valence-electron chi connectivity index (χ0n) is 12.5. The molecular weight excluding hydrogens is 300 g/mol. The van der Waals surface area contributed by atoms with E-state index >= 15 is 0 Å². The maximum absolute atomic E-state index is 12.5. The van der Waals surface area contributed by atoms with Crippen molar-refractivity contribution < 1.29 is 9.53 Å². The molecule has 4 heteroatoms. The first kappa shape index (κ1) is 15.6. The number of rotatable bonds is 5. The van der Waals surface area contributed by atoms with Crippen LogP contribution in [0.4, 0.5) is 0 Å². The monoisotopic (exact) mass is 324 g/mol. The van der Waals surface area contributed by atoms with Gasteiger partial charge in [-0.1, -0.05) is 6.07 Å². The Morgan fingerprint density at radius 3 is 3.00 bits per heavy atom. The van der Waals surface area contributed by atoms with Gasteiger partial charge in [-0.25, -0.2) is 0 Å². The van der Waals surface area contributed by atoms with Gasteiger partial charge in [0.05, 0.1) is 5.60 Å². The molecule has 2 saturated heterocycles. The highest BCUT2D eigenvalue weighted by Gasteiger charge is 2.40. The molecule has 0 bridgehead atoms. The van der Waals surface area contributed by atoms with E-state index in [4.69, 9.17) is 4.74 Å². The van der Waals surface area contributed by atoms with Crippen LogP contribution in [0.2, 0.25) is 0 Å². The summed E-state index contributed by atoms with van der Waals surface area (Å²) in [6.45, 7) is 0.784. The Labute approximate surface area is 135 Å². The molecule has 1 aromatic rings. The molecule has 21 heavy (non-hydrogen) atoms. The summed E-state index contributed by atoms with van der Waals surface area (Å²) in [6.07, 6.45) is 6.98. The van der Waals surface area contributed by atoms with Crippen molar-refractivity contribution in [3.63, 3.8) is 0 Å². The fourth-order valence-corrected chi connectivity index (χ4v) is 5.48. The minimum atomic E-state index is 0.0393. The summed E-state index contributed by atoms with van der Waals surface area (Å²) in [5, 5.41) is 2.11. The lowest BCUT2D eigenvalue weighted by molar-refractivity contribution is -0.138. The van der Waals surface area contributed by atoms with Crippen LogP contribution in [0, 0.1) is 5.92 Å². The third-order valence-electron chi connectivity index (χ3n) is 4.78. The van der Waals surface area contributed by atoms with Crippen LogP contribution in [-0.2, 0) is 16.0 Å². The molecule has 1 aromatic heterocycles. The van der Waals surface area contributed by atoms with E-state index in [1.807, 2.05) is 11.8 Å². The zero-order valence-corrected chi connectivity index (χ0v) is 14.1. The van der Waals surface area contributed by atoms with Crippen LogP contribution in [0.1, 0.15) is 43.4 Å². The number of aryl methyl sites for hydroxylation is 1. The molecule has 116 valence electrons. The van der Waals surface area contributed by atoms with Gasteiger partial charge in [-0.2, -0.15) is 11.8 Å². The first-order chi connectivity index (χ1) is 10.3. The lowest BCUT2D eigenvalue weighted by Crippen LogP contribution is -2.44. The van der Waals surface area contributed by atoms with Gasteiger partial charge in [-0.15, -0.1) is 11.3 Å². The molecular formula is C17H24O2S2.